The minimum Gasteiger partial charge on any atom is -0.496 e. The van der Waals surface area contributed by atoms with Crippen molar-refractivity contribution < 1.29 is 4.74 Å². The van der Waals surface area contributed by atoms with Gasteiger partial charge in [0.25, 0.3) is 0 Å². The summed E-state index contributed by atoms with van der Waals surface area (Å²) < 4.78 is 5.44. The molecule has 0 saturated heterocycles. The van der Waals surface area contributed by atoms with Gasteiger partial charge in [0.15, 0.2) is 0 Å². The molecule has 0 aliphatic heterocycles. The standard InChI is InChI=1S/C16H17Cl2NO/c1-10-4-5-11(17)8-13(10)16(19-2)14-9-12(18)6-7-15(14)20-3/h4-9,16,19H,1-3H3. The van der Waals surface area contributed by atoms with Gasteiger partial charge < -0.3 is 10.1 Å². The second-order valence-corrected chi connectivity index (χ2v) is 5.48. The fraction of sp³-hybridized carbons (Fsp3) is 0.250. The average molecular weight is 310 g/mol. The van der Waals surface area contributed by atoms with E-state index in [1.165, 1.54) is 0 Å². The molecule has 1 atom stereocenters. The molecule has 20 heavy (non-hydrogen) atoms. The van der Waals surface area contributed by atoms with Gasteiger partial charge in [0, 0.05) is 15.6 Å². The first kappa shape index (κ1) is 15.2. The van der Waals surface area contributed by atoms with Crippen molar-refractivity contribution >= 4 is 23.2 Å². The highest BCUT2D eigenvalue weighted by Gasteiger charge is 2.19. The van der Waals surface area contributed by atoms with Crippen molar-refractivity contribution in [1.29, 1.82) is 0 Å². The SMILES string of the molecule is CNC(c1cc(Cl)ccc1C)c1cc(Cl)ccc1OC. The lowest BCUT2D eigenvalue weighted by atomic mass is 9.94. The summed E-state index contributed by atoms with van der Waals surface area (Å²) >= 11 is 12.2. The Hall–Kier alpha value is -1.22. The molecule has 2 nitrogen and oxygen atoms in total. The average Bonchev–Trinajstić information content (AvgIpc) is 2.44. The van der Waals surface area contributed by atoms with E-state index in [2.05, 4.69) is 12.2 Å². The van der Waals surface area contributed by atoms with Gasteiger partial charge in [-0.15, -0.1) is 0 Å². The van der Waals surface area contributed by atoms with Crippen LogP contribution in [0.25, 0.3) is 0 Å². The first-order valence-electron chi connectivity index (χ1n) is 6.33. The van der Waals surface area contributed by atoms with Crippen molar-refractivity contribution in [3.8, 4) is 5.75 Å². The number of halogens is 2. The molecule has 0 aliphatic rings. The molecule has 4 heteroatoms. The van der Waals surface area contributed by atoms with E-state index in [1.54, 1.807) is 7.11 Å². The zero-order valence-electron chi connectivity index (χ0n) is 11.7. The number of hydrogen-bond acceptors (Lipinski definition) is 2. The maximum atomic E-state index is 6.13. The summed E-state index contributed by atoms with van der Waals surface area (Å²) in [6, 6.07) is 11.5. The number of methoxy groups -OCH3 is 1. The number of nitrogens with one attached hydrogen (secondary N) is 1. The third-order valence-electron chi connectivity index (χ3n) is 3.34. The van der Waals surface area contributed by atoms with E-state index >= 15 is 0 Å². The highest BCUT2D eigenvalue weighted by Crippen LogP contribution is 2.34. The Morgan fingerprint density at radius 1 is 1.00 bits per heavy atom. The highest BCUT2D eigenvalue weighted by atomic mass is 35.5. The van der Waals surface area contributed by atoms with Crippen LogP contribution in [0.1, 0.15) is 22.7 Å². The van der Waals surface area contributed by atoms with Crippen LogP contribution in [0.2, 0.25) is 10.0 Å². The Morgan fingerprint density at radius 3 is 2.20 bits per heavy atom. The fourth-order valence-corrected chi connectivity index (χ4v) is 2.69. The summed E-state index contributed by atoms with van der Waals surface area (Å²) in [5, 5.41) is 4.70. The van der Waals surface area contributed by atoms with Crippen LogP contribution in [0, 0.1) is 6.92 Å². The van der Waals surface area contributed by atoms with Gasteiger partial charge >= 0.3 is 0 Å². The first-order valence-corrected chi connectivity index (χ1v) is 7.09. The molecule has 2 rings (SSSR count). The molecule has 0 aromatic heterocycles. The topological polar surface area (TPSA) is 21.3 Å². The van der Waals surface area contributed by atoms with Crippen molar-refractivity contribution in [3.05, 3.63) is 63.1 Å². The molecule has 0 aliphatic carbocycles. The lowest BCUT2D eigenvalue weighted by Crippen LogP contribution is -2.19. The van der Waals surface area contributed by atoms with Gasteiger partial charge in [0.2, 0.25) is 0 Å². The Labute approximate surface area is 129 Å². The Bertz CT molecular complexity index is 613. The second kappa shape index (κ2) is 6.49. The minimum absolute atomic E-state index is 0.0256. The molecule has 0 heterocycles. The van der Waals surface area contributed by atoms with E-state index in [0.717, 1.165) is 22.4 Å². The van der Waals surface area contributed by atoms with E-state index in [4.69, 9.17) is 27.9 Å². The molecule has 0 saturated carbocycles. The third kappa shape index (κ3) is 3.09. The molecule has 106 valence electrons. The molecule has 2 aromatic carbocycles. The van der Waals surface area contributed by atoms with Gasteiger partial charge in [-0.1, -0.05) is 29.3 Å². The predicted molar refractivity (Wildman–Crippen MR) is 85.1 cm³/mol. The summed E-state index contributed by atoms with van der Waals surface area (Å²) in [5.41, 5.74) is 3.27. The van der Waals surface area contributed by atoms with Gasteiger partial charge in [-0.3, -0.25) is 0 Å². The van der Waals surface area contributed by atoms with Gasteiger partial charge in [-0.05, 0) is 55.4 Å². The molecule has 0 bridgehead atoms. The van der Waals surface area contributed by atoms with E-state index in [-0.39, 0.29) is 6.04 Å². The number of hydrogen-bond donors (Lipinski definition) is 1. The van der Waals surface area contributed by atoms with Crippen molar-refractivity contribution in [1.82, 2.24) is 5.32 Å². The van der Waals surface area contributed by atoms with Crippen molar-refractivity contribution in [2.24, 2.45) is 0 Å². The van der Waals surface area contributed by atoms with E-state index in [1.807, 2.05) is 43.4 Å². The summed E-state index contributed by atoms with van der Waals surface area (Å²) in [6.07, 6.45) is 0. The van der Waals surface area contributed by atoms with Gasteiger partial charge in [-0.2, -0.15) is 0 Å². The molecule has 1 unspecified atom stereocenters. The minimum atomic E-state index is -0.0256. The van der Waals surface area contributed by atoms with Crippen molar-refractivity contribution in [2.45, 2.75) is 13.0 Å². The van der Waals surface area contributed by atoms with Crippen LogP contribution in [-0.2, 0) is 0 Å². The molecule has 0 fully saturated rings. The van der Waals surface area contributed by atoms with Crippen LogP contribution < -0.4 is 10.1 Å². The molecular weight excluding hydrogens is 293 g/mol. The predicted octanol–water partition coefficient (Wildman–Crippen LogP) is 4.62. The van der Waals surface area contributed by atoms with E-state index < -0.39 is 0 Å². The summed E-state index contributed by atoms with van der Waals surface area (Å²) in [6.45, 7) is 2.06. The largest absolute Gasteiger partial charge is 0.496 e. The maximum absolute atomic E-state index is 6.13. The first-order chi connectivity index (χ1) is 9.56. The molecular formula is C16H17Cl2NO. The maximum Gasteiger partial charge on any atom is 0.124 e. The van der Waals surface area contributed by atoms with Crippen LogP contribution in [0.5, 0.6) is 5.75 Å². The zero-order chi connectivity index (χ0) is 14.7. The van der Waals surface area contributed by atoms with Gasteiger partial charge in [0.1, 0.15) is 5.75 Å². The van der Waals surface area contributed by atoms with Crippen molar-refractivity contribution in [2.75, 3.05) is 14.2 Å². The normalized spacial score (nSPS) is 12.2. The monoisotopic (exact) mass is 309 g/mol. The number of rotatable bonds is 4. The zero-order valence-corrected chi connectivity index (χ0v) is 13.2. The van der Waals surface area contributed by atoms with Crippen LogP contribution in [0.15, 0.2) is 36.4 Å². The molecule has 1 N–H and O–H groups in total. The van der Waals surface area contributed by atoms with Gasteiger partial charge in [-0.25, -0.2) is 0 Å². The fourth-order valence-electron chi connectivity index (χ4n) is 2.33. The summed E-state index contributed by atoms with van der Waals surface area (Å²) in [5.74, 6) is 0.799. The van der Waals surface area contributed by atoms with Gasteiger partial charge in [0.05, 0.1) is 13.2 Å². The molecule has 0 radical (unpaired) electrons. The summed E-state index contributed by atoms with van der Waals surface area (Å²) in [7, 11) is 3.57. The molecule has 0 amide bonds. The lowest BCUT2D eigenvalue weighted by Gasteiger charge is -2.22. The summed E-state index contributed by atoms with van der Waals surface area (Å²) in [4.78, 5) is 0. The van der Waals surface area contributed by atoms with Crippen LogP contribution >= 0.6 is 23.2 Å². The van der Waals surface area contributed by atoms with E-state index in [9.17, 15) is 0 Å². The third-order valence-corrected chi connectivity index (χ3v) is 3.81. The van der Waals surface area contributed by atoms with E-state index in [0.29, 0.717) is 10.0 Å². The highest BCUT2D eigenvalue weighted by molar-refractivity contribution is 6.31. The van der Waals surface area contributed by atoms with Crippen LogP contribution in [0.4, 0.5) is 0 Å². The number of benzene rings is 2. The van der Waals surface area contributed by atoms with Crippen LogP contribution in [-0.4, -0.2) is 14.2 Å². The van der Waals surface area contributed by atoms with Crippen molar-refractivity contribution in [3.63, 3.8) is 0 Å². The second-order valence-electron chi connectivity index (χ2n) is 4.61. The smallest absolute Gasteiger partial charge is 0.124 e. The quantitative estimate of drug-likeness (QED) is 0.890. The number of ether oxygens (including phenoxy) is 1. The Balaban J connectivity index is 2.57. The Kier molecular flexibility index (Phi) is 4.92. The molecule has 2 aromatic rings. The molecule has 0 spiro atoms. The Morgan fingerprint density at radius 2 is 1.60 bits per heavy atom. The lowest BCUT2D eigenvalue weighted by molar-refractivity contribution is 0.405. The van der Waals surface area contributed by atoms with Crippen LogP contribution in [0.3, 0.4) is 0 Å². The number of aryl methyl sites for hydroxylation is 1.